The van der Waals surface area contributed by atoms with Crippen LogP contribution in [0.15, 0.2) is 12.1 Å². The van der Waals surface area contributed by atoms with E-state index in [0.29, 0.717) is 6.54 Å². The summed E-state index contributed by atoms with van der Waals surface area (Å²) in [4.78, 5) is 0. The topological polar surface area (TPSA) is 46.2 Å². The molecule has 1 aliphatic rings. The lowest BCUT2D eigenvalue weighted by Gasteiger charge is -2.19. The summed E-state index contributed by atoms with van der Waals surface area (Å²) in [6, 6.07) is 4.41. The van der Waals surface area contributed by atoms with Crippen LogP contribution >= 0.6 is 11.6 Å². The third-order valence-corrected chi connectivity index (χ3v) is 4.28. The zero-order valence-corrected chi connectivity index (χ0v) is 11.5. The Labute approximate surface area is 114 Å². The van der Waals surface area contributed by atoms with E-state index in [-0.39, 0.29) is 12.5 Å². The van der Waals surface area contributed by atoms with Gasteiger partial charge in [0.15, 0.2) is 0 Å². The average Bonchev–Trinajstić information content (AvgIpc) is 2.40. The highest BCUT2D eigenvalue weighted by molar-refractivity contribution is 6.31. The van der Waals surface area contributed by atoms with E-state index in [2.05, 4.69) is 12.1 Å². The third kappa shape index (κ3) is 3.25. The first kappa shape index (κ1) is 13.9. The molecule has 0 radical (unpaired) electrons. The fourth-order valence-electron chi connectivity index (χ4n) is 2.64. The lowest BCUT2D eigenvalue weighted by molar-refractivity contribution is 0.223. The highest BCUT2D eigenvalue weighted by atomic mass is 35.5. The van der Waals surface area contributed by atoms with Gasteiger partial charge >= 0.3 is 0 Å². The van der Waals surface area contributed by atoms with E-state index in [0.717, 1.165) is 24.3 Å². The van der Waals surface area contributed by atoms with E-state index in [4.69, 9.17) is 22.4 Å². The highest BCUT2D eigenvalue weighted by Crippen LogP contribution is 2.28. The molecular weight excluding hydrogens is 246 g/mol. The van der Waals surface area contributed by atoms with Crippen LogP contribution in [-0.4, -0.2) is 18.3 Å². The van der Waals surface area contributed by atoms with Gasteiger partial charge in [0.1, 0.15) is 0 Å². The van der Waals surface area contributed by atoms with Gasteiger partial charge in [0.25, 0.3) is 0 Å². The lowest BCUT2D eigenvalue weighted by atomic mass is 9.89. The SMILES string of the molecule is NCC(CO)CCc1cc2c(cc1Cl)CCCC2. The summed E-state index contributed by atoms with van der Waals surface area (Å²) >= 11 is 6.34. The Morgan fingerprint density at radius 2 is 1.89 bits per heavy atom. The molecule has 3 heteroatoms. The van der Waals surface area contributed by atoms with Crippen LogP contribution in [0, 0.1) is 5.92 Å². The van der Waals surface area contributed by atoms with Gasteiger partial charge in [0.2, 0.25) is 0 Å². The Morgan fingerprint density at radius 1 is 1.22 bits per heavy atom. The zero-order valence-electron chi connectivity index (χ0n) is 10.8. The van der Waals surface area contributed by atoms with Crippen LogP contribution in [0.5, 0.6) is 0 Å². The summed E-state index contributed by atoms with van der Waals surface area (Å²) in [6.45, 7) is 0.706. The molecule has 1 atom stereocenters. The fraction of sp³-hybridized carbons (Fsp3) is 0.600. The Kier molecular flexibility index (Phi) is 5.04. The number of fused-ring (bicyclic) bond motifs is 1. The molecule has 2 rings (SSSR count). The lowest BCUT2D eigenvalue weighted by Crippen LogP contribution is -2.18. The molecule has 0 amide bonds. The fourth-order valence-corrected chi connectivity index (χ4v) is 2.92. The van der Waals surface area contributed by atoms with Gasteiger partial charge in [-0.15, -0.1) is 0 Å². The largest absolute Gasteiger partial charge is 0.396 e. The first-order valence-electron chi connectivity index (χ1n) is 6.85. The van der Waals surface area contributed by atoms with Crippen LogP contribution in [0.1, 0.15) is 36.0 Å². The predicted octanol–water partition coefficient (Wildman–Crippen LogP) is 2.72. The molecule has 0 heterocycles. The number of aliphatic hydroxyl groups is 1. The minimum Gasteiger partial charge on any atom is -0.396 e. The molecule has 0 spiro atoms. The van der Waals surface area contributed by atoms with Crippen molar-refractivity contribution < 1.29 is 5.11 Å². The smallest absolute Gasteiger partial charge is 0.0471 e. The average molecular weight is 268 g/mol. The van der Waals surface area contributed by atoms with Gasteiger partial charge in [-0.25, -0.2) is 0 Å². The molecule has 0 fully saturated rings. The summed E-state index contributed by atoms with van der Waals surface area (Å²) in [5, 5.41) is 10.0. The normalized spacial score (nSPS) is 16.4. The van der Waals surface area contributed by atoms with Crippen LogP contribution in [-0.2, 0) is 19.3 Å². The molecule has 0 aliphatic heterocycles. The molecule has 1 aliphatic carbocycles. The minimum atomic E-state index is 0.166. The number of nitrogens with two attached hydrogens (primary N) is 1. The standard InChI is InChI=1S/C15H22ClNO/c16-15-8-13-4-2-1-3-12(13)7-14(15)6-5-11(9-17)10-18/h7-8,11,18H,1-6,9-10,17H2. The first-order chi connectivity index (χ1) is 8.74. The van der Waals surface area contributed by atoms with E-state index in [1.54, 1.807) is 0 Å². The van der Waals surface area contributed by atoms with Crippen molar-refractivity contribution in [3.05, 3.63) is 33.8 Å². The van der Waals surface area contributed by atoms with E-state index in [9.17, 15) is 0 Å². The molecule has 0 bridgehead atoms. The third-order valence-electron chi connectivity index (χ3n) is 3.92. The van der Waals surface area contributed by atoms with Crippen molar-refractivity contribution in [1.82, 2.24) is 0 Å². The van der Waals surface area contributed by atoms with Gasteiger partial charge in [-0.1, -0.05) is 17.7 Å². The molecule has 1 aromatic rings. The summed E-state index contributed by atoms with van der Waals surface area (Å²) in [7, 11) is 0. The van der Waals surface area contributed by atoms with Gasteiger partial charge in [0, 0.05) is 11.6 Å². The van der Waals surface area contributed by atoms with Crippen LogP contribution in [0.4, 0.5) is 0 Å². The van der Waals surface area contributed by atoms with Gasteiger partial charge < -0.3 is 10.8 Å². The Morgan fingerprint density at radius 3 is 2.50 bits per heavy atom. The Bertz CT molecular complexity index is 402. The first-order valence-corrected chi connectivity index (χ1v) is 7.23. The Balaban J connectivity index is 2.08. The maximum atomic E-state index is 9.15. The molecule has 100 valence electrons. The molecule has 0 saturated carbocycles. The Hall–Kier alpha value is -0.570. The molecule has 3 N–H and O–H groups in total. The predicted molar refractivity (Wildman–Crippen MR) is 76.0 cm³/mol. The van der Waals surface area contributed by atoms with Crippen LogP contribution in [0.25, 0.3) is 0 Å². The number of aryl methyl sites for hydroxylation is 3. The quantitative estimate of drug-likeness (QED) is 0.862. The maximum Gasteiger partial charge on any atom is 0.0471 e. The van der Waals surface area contributed by atoms with Gasteiger partial charge in [-0.05, 0) is 73.7 Å². The zero-order chi connectivity index (χ0) is 13.0. The molecule has 18 heavy (non-hydrogen) atoms. The number of benzene rings is 1. The number of aliphatic hydroxyl groups excluding tert-OH is 1. The van der Waals surface area contributed by atoms with Crippen molar-refractivity contribution in [3.8, 4) is 0 Å². The van der Waals surface area contributed by atoms with Crippen molar-refractivity contribution in [2.24, 2.45) is 11.7 Å². The summed E-state index contributed by atoms with van der Waals surface area (Å²) < 4.78 is 0. The summed E-state index contributed by atoms with van der Waals surface area (Å²) in [5.41, 5.74) is 9.71. The van der Waals surface area contributed by atoms with Crippen molar-refractivity contribution in [2.75, 3.05) is 13.2 Å². The number of halogens is 1. The molecular formula is C15H22ClNO. The van der Waals surface area contributed by atoms with Crippen molar-refractivity contribution in [3.63, 3.8) is 0 Å². The number of hydrogen-bond donors (Lipinski definition) is 2. The second kappa shape index (κ2) is 6.55. The van der Waals surface area contributed by atoms with E-state index in [1.165, 1.54) is 36.0 Å². The van der Waals surface area contributed by atoms with Crippen molar-refractivity contribution >= 4 is 11.6 Å². The van der Waals surface area contributed by atoms with E-state index in [1.807, 2.05) is 0 Å². The van der Waals surface area contributed by atoms with Gasteiger partial charge in [0.05, 0.1) is 0 Å². The molecule has 0 aromatic heterocycles. The molecule has 1 unspecified atom stereocenters. The minimum absolute atomic E-state index is 0.166. The van der Waals surface area contributed by atoms with Crippen LogP contribution in [0.2, 0.25) is 5.02 Å². The summed E-state index contributed by atoms with van der Waals surface area (Å²) in [5.74, 6) is 0.192. The summed E-state index contributed by atoms with van der Waals surface area (Å²) in [6.07, 6.45) is 6.73. The molecule has 1 aromatic carbocycles. The van der Waals surface area contributed by atoms with E-state index < -0.39 is 0 Å². The number of hydrogen-bond acceptors (Lipinski definition) is 2. The second-order valence-electron chi connectivity index (χ2n) is 5.24. The van der Waals surface area contributed by atoms with E-state index >= 15 is 0 Å². The van der Waals surface area contributed by atoms with Crippen LogP contribution < -0.4 is 5.73 Å². The van der Waals surface area contributed by atoms with Crippen molar-refractivity contribution in [2.45, 2.75) is 38.5 Å². The van der Waals surface area contributed by atoms with Gasteiger partial charge in [-0.2, -0.15) is 0 Å². The van der Waals surface area contributed by atoms with Crippen molar-refractivity contribution in [1.29, 1.82) is 0 Å². The monoisotopic (exact) mass is 267 g/mol. The molecule has 2 nitrogen and oxygen atoms in total. The second-order valence-corrected chi connectivity index (χ2v) is 5.65. The number of rotatable bonds is 5. The van der Waals surface area contributed by atoms with Crippen LogP contribution in [0.3, 0.4) is 0 Å². The van der Waals surface area contributed by atoms with Gasteiger partial charge in [-0.3, -0.25) is 0 Å². The highest BCUT2D eigenvalue weighted by Gasteiger charge is 2.13. The molecule has 0 saturated heterocycles. The maximum absolute atomic E-state index is 9.15.